The fourth-order valence-electron chi connectivity index (χ4n) is 1.48. The van der Waals surface area contributed by atoms with Crippen LogP contribution in [0.3, 0.4) is 0 Å². The van der Waals surface area contributed by atoms with E-state index in [1.54, 1.807) is 19.1 Å². The van der Waals surface area contributed by atoms with Gasteiger partial charge >= 0.3 is 0 Å². The summed E-state index contributed by atoms with van der Waals surface area (Å²) in [7, 11) is 1.39. The van der Waals surface area contributed by atoms with E-state index in [4.69, 9.17) is 15.0 Å². The van der Waals surface area contributed by atoms with Crippen molar-refractivity contribution in [2.75, 3.05) is 7.11 Å². The minimum atomic E-state index is -0.427. The normalized spacial score (nSPS) is 10.6. The fraction of sp³-hybridized carbons (Fsp3) is 0.273. The molecule has 17 heavy (non-hydrogen) atoms. The van der Waals surface area contributed by atoms with Crippen molar-refractivity contribution in [1.29, 1.82) is 0 Å². The van der Waals surface area contributed by atoms with Gasteiger partial charge in [-0.05, 0) is 18.6 Å². The number of methoxy groups -OCH3 is 1. The highest BCUT2D eigenvalue weighted by Crippen LogP contribution is 2.32. The second-order valence-corrected chi connectivity index (χ2v) is 3.49. The zero-order chi connectivity index (χ0) is 12.4. The summed E-state index contributed by atoms with van der Waals surface area (Å²) in [5, 5.41) is 3.72. The van der Waals surface area contributed by atoms with Crippen LogP contribution in [0.4, 0.5) is 4.39 Å². The van der Waals surface area contributed by atoms with E-state index in [0.717, 1.165) is 0 Å². The summed E-state index contributed by atoms with van der Waals surface area (Å²) in [5.74, 6) is 0.239. The first-order valence-corrected chi connectivity index (χ1v) is 5.03. The summed E-state index contributed by atoms with van der Waals surface area (Å²) in [6, 6.07) is 3.31. The lowest BCUT2D eigenvalue weighted by Crippen LogP contribution is -1.97. The Morgan fingerprint density at radius 3 is 2.82 bits per heavy atom. The van der Waals surface area contributed by atoms with E-state index >= 15 is 0 Å². The number of aryl methyl sites for hydroxylation is 1. The van der Waals surface area contributed by atoms with Gasteiger partial charge in [0, 0.05) is 0 Å². The number of ether oxygens (including phenoxy) is 1. The topological polar surface area (TPSA) is 74.2 Å². The molecule has 1 aromatic carbocycles. The van der Waals surface area contributed by atoms with Gasteiger partial charge in [0.2, 0.25) is 11.7 Å². The summed E-state index contributed by atoms with van der Waals surface area (Å²) in [4.78, 5) is 4.03. The Labute approximate surface area is 97.4 Å². The highest BCUT2D eigenvalue weighted by molar-refractivity contribution is 5.65. The lowest BCUT2D eigenvalue weighted by molar-refractivity contribution is 0.377. The maximum absolute atomic E-state index is 13.8. The molecule has 90 valence electrons. The first-order valence-electron chi connectivity index (χ1n) is 5.03. The molecule has 0 spiro atoms. The zero-order valence-corrected chi connectivity index (χ0v) is 9.53. The van der Waals surface area contributed by atoms with E-state index in [1.165, 1.54) is 7.11 Å². The van der Waals surface area contributed by atoms with Crippen molar-refractivity contribution in [3.05, 3.63) is 29.4 Å². The maximum Gasteiger partial charge on any atom is 0.240 e. The second-order valence-electron chi connectivity index (χ2n) is 3.49. The van der Waals surface area contributed by atoms with E-state index < -0.39 is 5.82 Å². The number of benzene rings is 1. The first kappa shape index (κ1) is 11.5. The molecule has 0 amide bonds. The summed E-state index contributed by atoms with van der Waals surface area (Å²) in [6.45, 7) is 1.80. The third kappa shape index (κ3) is 1.99. The van der Waals surface area contributed by atoms with Gasteiger partial charge in [0.15, 0.2) is 11.6 Å². The summed E-state index contributed by atoms with van der Waals surface area (Å²) in [5.41, 5.74) is 6.30. The summed E-state index contributed by atoms with van der Waals surface area (Å²) in [6.07, 6.45) is 0. The van der Waals surface area contributed by atoms with Crippen molar-refractivity contribution in [2.24, 2.45) is 5.73 Å². The smallest absolute Gasteiger partial charge is 0.240 e. The number of nitrogens with zero attached hydrogens (tertiary/aromatic N) is 2. The van der Waals surface area contributed by atoms with Gasteiger partial charge in [-0.3, -0.25) is 0 Å². The maximum atomic E-state index is 13.8. The molecule has 0 saturated heterocycles. The van der Waals surface area contributed by atoms with Gasteiger partial charge in [-0.1, -0.05) is 11.2 Å². The van der Waals surface area contributed by atoms with E-state index in [2.05, 4.69) is 10.1 Å². The molecule has 0 saturated carbocycles. The van der Waals surface area contributed by atoms with Crippen LogP contribution in [-0.4, -0.2) is 17.3 Å². The molecule has 5 nitrogen and oxygen atoms in total. The molecule has 6 heteroatoms. The number of hydrogen-bond acceptors (Lipinski definition) is 5. The van der Waals surface area contributed by atoms with Crippen LogP contribution in [0.25, 0.3) is 11.4 Å². The molecular weight excluding hydrogens is 225 g/mol. The largest absolute Gasteiger partial charge is 0.493 e. The molecular formula is C11H12FN3O2. The average molecular weight is 237 g/mol. The molecule has 2 N–H and O–H groups in total. The SMILES string of the molecule is COc1c(-c2noc(CN)n2)ccc(C)c1F. The molecule has 0 bridgehead atoms. The van der Waals surface area contributed by atoms with Gasteiger partial charge in [0.25, 0.3) is 0 Å². The predicted molar refractivity (Wildman–Crippen MR) is 58.9 cm³/mol. The van der Waals surface area contributed by atoms with Gasteiger partial charge in [-0.2, -0.15) is 4.98 Å². The number of nitrogens with two attached hydrogens (primary N) is 1. The molecule has 0 unspecified atom stereocenters. The third-order valence-corrected chi connectivity index (χ3v) is 2.38. The Kier molecular flexibility index (Phi) is 3.06. The van der Waals surface area contributed by atoms with E-state index in [1.807, 2.05) is 0 Å². The predicted octanol–water partition coefficient (Wildman–Crippen LogP) is 1.65. The van der Waals surface area contributed by atoms with Gasteiger partial charge in [-0.15, -0.1) is 0 Å². The lowest BCUT2D eigenvalue weighted by Gasteiger charge is -2.07. The van der Waals surface area contributed by atoms with Crippen LogP contribution in [0.15, 0.2) is 16.7 Å². The van der Waals surface area contributed by atoms with Crippen LogP contribution >= 0.6 is 0 Å². The second kappa shape index (κ2) is 4.50. The van der Waals surface area contributed by atoms with Gasteiger partial charge in [0.1, 0.15) is 0 Å². The number of halogens is 1. The Bertz CT molecular complexity index is 540. The number of aromatic nitrogens is 2. The monoisotopic (exact) mass is 237 g/mol. The number of hydrogen-bond donors (Lipinski definition) is 1. The molecule has 0 aliphatic carbocycles. The lowest BCUT2D eigenvalue weighted by atomic mass is 10.1. The Hall–Kier alpha value is -1.95. The molecule has 0 fully saturated rings. The number of rotatable bonds is 3. The van der Waals surface area contributed by atoms with Crippen LogP contribution in [0.2, 0.25) is 0 Å². The van der Waals surface area contributed by atoms with Crippen molar-refractivity contribution in [1.82, 2.24) is 10.1 Å². The van der Waals surface area contributed by atoms with Crippen LogP contribution < -0.4 is 10.5 Å². The average Bonchev–Trinajstić information content (AvgIpc) is 2.81. The fourth-order valence-corrected chi connectivity index (χ4v) is 1.48. The minimum absolute atomic E-state index is 0.106. The van der Waals surface area contributed by atoms with Crippen LogP contribution in [-0.2, 0) is 6.54 Å². The van der Waals surface area contributed by atoms with Crippen molar-refractivity contribution >= 4 is 0 Å². The van der Waals surface area contributed by atoms with E-state index in [-0.39, 0.29) is 18.1 Å². The molecule has 1 heterocycles. The van der Waals surface area contributed by atoms with Crippen molar-refractivity contribution in [3.8, 4) is 17.1 Å². The van der Waals surface area contributed by atoms with E-state index in [9.17, 15) is 4.39 Å². The van der Waals surface area contributed by atoms with E-state index in [0.29, 0.717) is 17.0 Å². The molecule has 1 aromatic heterocycles. The highest BCUT2D eigenvalue weighted by Gasteiger charge is 2.17. The molecule has 2 aromatic rings. The quantitative estimate of drug-likeness (QED) is 0.878. The molecule has 0 atom stereocenters. The molecule has 0 radical (unpaired) electrons. The molecule has 0 aliphatic rings. The highest BCUT2D eigenvalue weighted by atomic mass is 19.1. The van der Waals surface area contributed by atoms with Gasteiger partial charge in [0.05, 0.1) is 19.2 Å². The van der Waals surface area contributed by atoms with Gasteiger partial charge in [-0.25, -0.2) is 4.39 Å². The Morgan fingerprint density at radius 1 is 1.47 bits per heavy atom. The van der Waals surface area contributed by atoms with Crippen LogP contribution in [0.5, 0.6) is 5.75 Å². The minimum Gasteiger partial charge on any atom is -0.493 e. The third-order valence-electron chi connectivity index (χ3n) is 2.38. The zero-order valence-electron chi connectivity index (χ0n) is 9.53. The Balaban J connectivity index is 2.55. The molecule has 2 rings (SSSR count). The van der Waals surface area contributed by atoms with Gasteiger partial charge < -0.3 is 15.0 Å². The first-order chi connectivity index (χ1) is 8.17. The standard InChI is InChI=1S/C11H12FN3O2/c1-6-3-4-7(10(16-2)9(6)12)11-14-8(5-13)17-15-11/h3-4H,5,13H2,1-2H3. The van der Waals surface area contributed by atoms with Crippen molar-refractivity contribution in [3.63, 3.8) is 0 Å². The summed E-state index contributed by atoms with van der Waals surface area (Å²) < 4.78 is 23.7. The van der Waals surface area contributed by atoms with Crippen molar-refractivity contribution in [2.45, 2.75) is 13.5 Å². The van der Waals surface area contributed by atoms with Crippen LogP contribution in [0, 0.1) is 12.7 Å². The summed E-state index contributed by atoms with van der Waals surface area (Å²) >= 11 is 0. The van der Waals surface area contributed by atoms with Crippen molar-refractivity contribution < 1.29 is 13.7 Å². The van der Waals surface area contributed by atoms with Crippen LogP contribution in [0.1, 0.15) is 11.5 Å². The Morgan fingerprint density at radius 2 is 2.24 bits per heavy atom. The molecule has 0 aliphatic heterocycles.